The predicted molar refractivity (Wildman–Crippen MR) is 101 cm³/mol. The van der Waals surface area contributed by atoms with Gasteiger partial charge in [0.15, 0.2) is 5.96 Å². The van der Waals surface area contributed by atoms with E-state index in [0.29, 0.717) is 6.04 Å². The van der Waals surface area contributed by atoms with Crippen molar-refractivity contribution in [1.82, 2.24) is 10.6 Å². The van der Waals surface area contributed by atoms with Gasteiger partial charge in [-0.15, -0.1) is 24.0 Å². The fraction of sp³-hybridized carbons (Fsp3) is 0.667. The lowest BCUT2D eigenvalue weighted by molar-refractivity contribution is 0.491. The van der Waals surface area contributed by atoms with Crippen molar-refractivity contribution >= 4 is 41.3 Å². The molecule has 0 bridgehead atoms. The molecular weight excluding hydrogens is 381 g/mol. The quantitative estimate of drug-likeness (QED) is 0.401. The highest BCUT2D eigenvalue weighted by molar-refractivity contribution is 14.0. The van der Waals surface area contributed by atoms with Crippen LogP contribution in [0.2, 0.25) is 0 Å². The summed E-state index contributed by atoms with van der Waals surface area (Å²) in [5, 5.41) is 11.1. The number of halogens is 1. The average molecular weight is 409 g/mol. The van der Waals surface area contributed by atoms with E-state index >= 15 is 0 Å². The molecule has 1 heterocycles. The molecular formula is C15H28IN3S. The molecule has 0 saturated carbocycles. The van der Waals surface area contributed by atoms with Gasteiger partial charge in [-0.25, -0.2) is 0 Å². The highest BCUT2D eigenvalue weighted by Crippen LogP contribution is 2.08. The van der Waals surface area contributed by atoms with Crippen LogP contribution in [0.3, 0.4) is 0 Å². The fourth-order valence-electron chi connectivity index (χ4n) is 1.91. The van der Waals surface area contributed by atoms with E-state index in [2.05, 4.69) is 53.2 Å². The Hall–Kier alpha value is -0.300. The summed E-state index contributed by atoms with van der Waals surface area (Å²) in [6.45, 7) is 7.61. The summed E-state index contributed by atoms with van der Waals surface area (Å²) in [7, 11) is 1.82. The fourth-order valence-corrected chi connectivity index (χ4v) is 2.58. The molecule has 0 radical (unpaired) electrons. The lowest BCUT2D eigenvalue weighted by Crippen LogP contribution is -2.41. The van der Waals surface area contributed by atoms with Crippen molar-refractivity contribution in [2.24, 2.45) is 10.9 Å². The highest BCUT2D eigenvalue weighted by Gasteiger charge is 2.05. The first-order chi connectivity index (χ1) is 9.11. The van der Waals surface area contributed by atoms with Crippen LogP contribution >= 0.6 is 35.3 Å². The van der Waals surface area contributed by atoms with Gasteiger partial charge in [0.25, 0.3) is 0 Å². The van der Waals surface area contributed by atoms with E-state index in [9.17, 15) is 0 Å². The molecule has 0 aromatic carbocycles. The van der Waals surface area contributed by atoms with Gasteiger partial charge in [-0.3, -0.25) is 4.99 Å². The molecule has 0 fully saturated rings. The zero-order valence-corrected chi connectivity index (χ0v) is 16.1. The number of guanidine groups is 1. The monoisotopic (exact) mass is 409 g/mol. The molecule has 1 aromatic heterocycles. The van der Waals surface area contributed by atoms with Crippen molar-refractivity contribution in [2.45, 2.75) is 52.6 Å². The van der Waals surface area contributed by atoms with Gasteiger partial charge in [0.2, 0.25) is 0 Å². The third-order valence-corrected chi connectivity index (χ3v) is 3.80. The minimum absolute atomic E-state index is 0. The largest absolute Gasteiger partial charge is 0.354 e. The SMILES string of the molecule is CN=C(NCc1ccsc1)NC(C)CCCC(C)C.I. The molecule has 0 aliphatic carbocycles. The van der Waals surface area contributed by atoms with E-state index in [4.69, 9.17) is 0 Å². The summed E-state index contributed by atoms with van der Waals surface area (Å²) in [6.07, 6.45) is 3.76. The van der Waals surface area contributed by atoms with Gasteiger partial charge in [0, 0.05) is 19.6 Å². The number of thiophene rings is 1. The molecule has 1 atom stereocenters. The Morgan fingerprint density at radius 1 is 1.30 bits per heavy atom. The van der Waals surface area contributed by atoms with Crippen LogP contribution in [-0.2, 0) is 6.54 Å². The third kappa shape index (κ3) is 8.79. The number of nitrogens with zero attached hydrogens (tertiary/aromatic N) is 1. The molecule has 1 rings (SSSR count). The van der Waals surface area contributed by atoms with Crippen molar-refractivity contribution in [2.75, 3.05) is 7.05 Å². The summed E-state index contributed by atoms with van der Waals surface area (Å²) in [6, 6.07) is 2.60. The summed E-state index contributed by atoms with van der Waals surface area (Å²) < 4.78 is 0. The molecule has 1 aromatic rings. The minimum atomic E-state index is 0. The van der Waals surface area contributed by atoms with E-state index in [1.54, 1.807) is 11.3 Å². The van der Waals surface area contributed by atoms with Crippen LogP contribution in [0.5, 0.6) is 0 Å². The normalized spacial score (nSPS) is 12.9. The molecule has 0 saturated heterocycles. The van der Waals surface area contributed by atoms with Crippen molar-refractivity contribution in [3.8, 4) is 0 Å². The maximum Gasteiger partial charge on any atom is 0.191 e. The van der Waals surface area contributed by atoms with Crippen LogP contribution < -0.4 is 10.6 Å². The Balaban J connectivity index is 0.00000361. The topological polar surface area (TPSA) is 36.4 Å². The Bertz CT molecular complexity index is 363. The Morgan fingerprint density at radius 2 is 2.05 bits per heavy atom. The zero-order valence-electron chi connectivity index (χ0n) is 13.0. The van der Waals surface area contributed by atoms with Crippen LogP contribution in [0, 0.1) is 5.92 Å². The Labute approximate surface area is 144 Å². The second-order valence-corrected chi connectivity index (χ2v) is 6.21. The van der Waals surface area contributed by atoms with Crippen molar-refractivity contribution in [3.05, 3.63) is 22.4 Å². The molecule has 116 valence electrons. The van der Waals surface area contributed by atoms with Gasteiger partial charge < -0.3 is 10.6 Å². The number of aliphatic imine (C=N–C) groups is 1. The van der Waals surface area contributed by atoms with Crippen LogP contribution in [0.4, 0.5) is 0 Å². The molecule has 0 aliphatic heterocycles. The first-order valence-electron chi connectivity index (χ1n) is 7.10. The van der Waals surface area contributed by atoms with Crippen LogP contribution in [0.25, 0.3) is 0 Å². The molecule has 0 spiro atoms. The van der Waals surface area contributed by atoms with Crippen LogP contribution in [0.1, 0.15) is 45.6 Å². The highest BCUT2D eigenvalue weighted by atomic mass is 127. The van der Waals surface area contributed by atoms with Gasteiger partial charge >= 0.3 is 0 Å². The number of hydrogen-bond acceptors (Lipinski definition) is 2. The molecule has 0 aliphatic rings. The molecule has 20 heavy (non-hydrogen) atoms. The van der Waals surface area contributed by atoms with Crippen LogP contribution in [0.15, 0.2) is 21.8 Å². The van der Waals surface area contributed by atoms with Gasteiger partial charge in [-0.2, -0.15) is 11.3 Å². The first kappa shape index (κ1) is 19.7. The maximum atomic E-state index is 4.27. The number of hydrogen-bond donors (Lipinski definition) is 2. The summed E-state index contributed by atoms with van der Waals surface area (Å²) >= 11 is 1.73. The molecule has 1 unspecified atom stereocenters. The van der Waals surface area contributed by atoms with E-state index in [1.165, 1.54) is 24.8 Å². The predicted octanol–water partition coefficient (Wildman–Crippen LogP) is 4.25. The minimum Gasteiger partial charge on any atom is -0.354 e. The number of rotatable bonds is 7. The lowest BCUT2D eigenvalue weighted by atomic mass is 10.0. The molecule has 5 heteroatoms. The van der Waals surface area contributed by atoms with Crippen molar-refractivity contribution in [1.29, 1.82) is 0 Å². The molecule has 0 amide bonds. The second kappa shape index (κ2) is 11.4. The number of nitrogens with one attached hydrogen (secondary N) is 2. The van der Waals surface area contributed by atoms with Gasteiger partial charge in [-0.1, -0.05) is 26.7 Å². The van der Waals surface area contributed by atoms with Crippen molar-refractivity contribution < 1.29 is 0 Å². The maximum absolute atomic E-state index is 4.27. The third-order valence-electron chi connectivity index (χ3n) is 3.07. The average Bonchev–Trinajstić information content (AvgIpc) is 2.87. The molecule has 3 nitrogen and oxygen atoms in total. The summed E-state index contributed by atoms with van der Waals surface area (Å²) in [5.41, 5.74) is 1.31. The molecule has 2 N–H and O–H groups in total. The van der Waals surface area contributed by atoms with E-state index in [0.717, 1.165) is 18.4 Å². The standard InChI is InChI=1S/C15H27N3S.HI/c1-12(2)6-5-7-13(3)18-15(16-4)17-10-14-8-9-19-11-14;/h8-9,11-13H,5-7,10H2,1-4H3,(H2,16,17,18);1H. The lowest BCUT2D eigenvalue weighted by Gasteiger charge is -2.18. The summed E-state index contributed by atoms with van der Waals surface area (Å²) in [4.78, 5) is 4.27. The van der Waals surface area contributed by atoms with Gasteiger partial charge in [0.05, 0.1) is 0 Å². The Morgan fingerprint density at radius 3 is 2.60 bits per heavy atom. The van der Waals surface area contributed by atoms with E-state index in [1.807, 2.05) is 7.05 Å². The first-order valence-corrected chi connectivity index (χ1v) is 8.04. The van der Waals surface area contributed by atoms with Gasteiger partial charge in [0.1, 0.15) is 0 Å². The van der Waals surface area contributed by atoms with Crippen LogP contribution in [-0.4, -0.2) is 19.0 Å². The smallest absolute Gasteiger partial charge is 0.191 e. The van der Waals surface area contributed by atoms with Gasteiger partial charge in [-0.05, 0) is 41.7 Å². The Kier molecular flexibility index (Phi) is 11.2. The van der Waals surface area contributed by atoms with E-state index in [-0.39, 0.29) is 24.0 Å². The second-order valence-electron chi connectivity index (χ2n) is 5.43. The summed E-state index contributed by atoms with van der Waals surface area (Å²) in [5.74, 6) is 1.69. The zero-order chi connectivity index (χ0) is 14.1. The van der Waals surface area contributed by atoms with Crippen molar-refractivity contribution in [3.63, 3.8) is 0 Å². The van der Waals surface area contributed by atoms with E-state index < -0.39 is 0 Å².